The summed E-state index contributed by atoms with van der Waals surface area (Å²) >= 11 is 0. The highest BCUT2D eigenvalue weighted by Crippen LogP contribution is 2.19. The van der Waals surface area contributed by atoms with Crippen molar-refractivity contribution in [3.8, 4) is 0 Å². The number of anilines is 1. The number of amides is 2. The molecule has 0 saturated carbocycles. The maximum atomic E-state index is 12.2. The predicted molar refractivity (Wildman–Crippen MR) is 98.7 cm³/mol. The van der Waals surface area contributed by atoms with Crippen LogP contribution >= 0.6 is 0 Å². The molecule has 3 rings (SSSR count). The van der Waals surface area contributed by atoms with Gasteiger partial charge in [0.2, 0.25) is 0 Å². The number of para-hydroxylation sites is 1. The van der Waals surface area contributed by atoms with Crippen molar-refractivity contribution in [1.82, 2.24) is 4.90 Å². The van der Waals surface area contributed by atoms with Crippen LogP contribution in [0.3, 0.4) is 0 Å². The minimum absolute atomic E-state index is 0.0271. The molecule has 0 saturated heterocycles. The lowest BCUT2D eigenvalue weighted by atomic mass is 10.0. The van der Waals surface area contributed by atoms with Gasteiger partial charge in [0.1, 0.15) is 0 Å². The third-order valence-corrected chi connectivity index (χ3v) is 3.44. The van der Waals surface area contributed by atoms with E-state index in [2.05, 4.69) is 23.5 Å². The number of rotatable bonds is 1. The second-order valence-electron chi connectivity index (χ2n) is 4.74. The van der Waals surface area contributed by atoms with Crippen LogP contribution in [0.25, 0.3) is 0 Å². The third kappa shape index (κ3) is 5.44. The number of benzene rings is 2. The molecule has 0 unspecified atom stereocenters. The zero-order valence-corrected chi connectivity index (χ0v) is 14.7. The van der Waals surface area contributed by atoms with Crippen molar-refractivity contribution in [2.24, 2.45) is 0 Å². The highest BCUT2D eigenvalue weighted by Gasteiger charge is 2.20. The molecular formula is C20H28N2O. The molecule has 3 heteroatoms. The zero-order chi connectivity index (χ0) is 17.1. The van der Waals surface area contributed by atoms with Gasteiger partial charge in [-0.15, -0.1) is 0 Å². The van der Waals surface area contributed by atoms with Gasteiger partial charge < -0.3 is 10.2 Å². The Hall–Kier alpha value is -2.29. The second kappa shape index (κ2) is 10.4. The van der Waals surface area contributed by atoms with Crippen LogP contribution in [0.5, 0.6) is 0 Å². The summed E-state index contributed by atoms with van der Waals surface area (Å²) in [5.74, 6) is 0. The van der Waals surface area contributed by atoms with Gasteiger partial charge >= 0.3 is 6.03 Å². The van der Waals surface area contributed by atoms with Crippen LogP contribution in [-0.4, -0.2) is 17.5 Å². The molecule has 1 heterocycles. The largest absolute Gasteiger partial charge is 0.322 e. The summed E-state index contributed by atoms with van der Waals surface area (Å²) < 4.78 is 0. The van der Waals surface area contributed by atoms with E-state index in [1.165, 1.54) is 11.1 Å². The summed E-state index contributed by atoms with van der Waals surface area (Å²) in [7, 11) is 0. The maximum Gasteiger partial charge on any atom is 0.322 e. The zero-order valence-electron chi connectivity index (χ0n) is 14.7. The number of hydrogen-bond acceptors (Lipinski definition) is 1. The smallest absolute Gasteiger partial charge is 0.320 e. The van der Waals surface area contributed by atoms with Crippen molar-refractivity contribution in [3.63, 3.8) is 0 Å². The molecule has 124 valence electrons. The Bertz CT molecular complexity index is 581. The fourth-order valence-electron chi connectivity index (χ4n) is 2.39. The summed E-state index contributed by atoms with van der Waals surface area (Å²) in [4.78, 5) is 14.0. The van der Waals surface area contributed by atoms with Gasteiger partial charge in [-0.3, -0.25) is 0 Å². The molecular weight excluding hydrogens is 284 g/mol. The van der Waals surface area contributed by atoms with Crippen molar-refractivity contribution in [1.29, 1.82) is 0 Å². The fourth-order valence-corrected chi connectivity index (χ4v) is 2.39. The van der Waals surface area contributed by atoms with Crippen LogP contribution in [0.1, 0.15) is 38.8 Å². The van der Waals surface area contributed by atoms with Gasteiger partial charge in [0.15, 0.2) is 0 Å². The van der Waals surface area contributed by atoms with E-state index >= 15 is 0 Å². The number of hydrogen-bond donors (Lipinski definition) is 1. The highest BCUT2D eigenvalue weighted by atomic mass is 16.2. The Labute approximate surface area is 140 Å². The fraction of sp³-hybridized carbons (Fsp3) is 0.350. The van der Waals surface area contributed by atoms with Crippen molar-refractivity contribution >= 4 is 11.7 Å². The van der Waals surface area contributed by atoms with E-state index in [4.69, 9.17) is 0 Å². The second-order valence-corrected chi connectivity index (χ2v) is 4.74. The summed E-state index contributed by atoms with van der Waals surface area (Å²) in [6, 6.07) is 17.9. The summed E-state index contributed by atoms with van der Waals surface area (Å²) in [6.45, 7) is 9.46. The summed E-state index contributed by atoms with van der Waals surface area (Å²) in [5.41, 5.74) is 3.44. The quantitative estimate of drug-likeness (QED) is 0.758. The van der Waals surface area contributed by atoms with Crippen molar-refractivity contribution in [2.75, 3.05) is 11.9 Å². The van der Waals surface area contributed by atoms with Crippen LogP contribution in [0.15, 0.2) is 54.6 Å². The van der Waals surface area contributed by atoms with E-state index in [-0.39, 0.29) is 6.03 Å². The SMILES string of the molecule is CC.CC.O=C(Nc1ccccc1)N1CCc2ccccc2C1. The number of nitrogens with one attached hydrogen (secondary N) is 1. The molecule has 0 radical (unpaired) electrons. The van der Waals surface area contributed by atoms with E-state index in [1.807, 2.05) is 69.0 Å². The Morgan fingerprint density at radius 3 is 2.09 bits per heavy atom. The van der Waals surface area contributed by atoms with Gasteiger partial charge in [-0.2, -0.15) is 0 Å². The van der Waals surface area contributed by atoms with Crippen molar-refractivity contribution in [2.45, 2.75) is 40.7 Å². The molecule has 1 aliphatic heterocycles. The number of urea groups is 1. The Morgan fingerprint density at radius 2 is 1.43 bits per heavy atom. The van der Waals surface area contributed by atoms with Crippen LogP contribution in [0, 0.1) is 0 Å². The lowest BCUT2D eigenvalue weighted by Gasteiger charge is -2.28. The molecule has 2 amide bonds. The lowest BCUT2D eigenvalue weighted by molar-refractivity contribution is 0.206. The summed E-state index contributed by atoms with van der Waals surface area (Å²) in [5, 5.41) is 2.93. The van der Waals surface area contributed by atoms with E-state index < -0.39 is 0 Å². The first kappa shape index (κ1) is 18.8. The van der Waals surface area contributed by atoms with Crippen LogP contribution in [0.4, 0.5) is 10.5 Å². The Balaban J connectivity index is 0.000000615. The number of carbonyl (C=O) groups excluding carboxylic acids is 1. The minimum Gasteiger partial charge on any atom is -0.320 e. The molecule has 1 N–H and O–H groups in total. The monoisotopic (exact) mass is 312 g/mol. The van der Waals surface area contributed by atoms with Crippen LogP contribution in [0.2, 0.25) is 0 Å². The number of fused-ring (bicyclic) bond motifs is 1. The molecule has 0 bridgehead atoms. The van der Waals surface area contributed by atoms with Gasteiger partial charge in [0.05, 0.1) is 0 Å². The molecule has 2 aromatic rings. The lowest BCUT2D eigenvalue weighted by Crippen LogP contribution is -2.38. The van der Waals surface area contributed by atoms with E-state index in [9.17, 15) is 4.79 Å². The van der Waals surface area contributed by atoms with E-state index in [0.717, 1.165) is 18.7 Å². The van der Waals surface area contributed by atoms with E-state index in [0.29, 0.717) is 6.54 Å². The molecule has 0 aliphatic carbocycles. The molecule has 0 fully saturated rings. The van der Waals surface area contributed by atoms with Crippen molar-refractivity contribution in [3.05, 3.63) is 65.7 Å². The maximum absolute atomic E-state index is 12.2. The first-order valence-corrected chi connectivity index (χ1v) is 8.51. The standard InChI is InChI=1S/C16H16N2O.2C2H6/c19-16(17-15-8-2-1-3-9-15)18-11-10-13-6-4-5-7-14(13)12-18;2*1-2/h1-9H,10-12H2,(H,17,19);2*1-2H3. The van der Waals surface area contributed by atoms with Gasteiger partial charge in [0, 0.05) is 18.8 Å². The molecule has 0 aromatic heterocycles. The minimum atomic E-state index is -0.0271. The molecule has 23 heavy (non-hydrogen) atoms. The van der Waals surface area contributed by atoms with Gasteiger partial charge in [-0.05, 0) is 29.7 Å². The predicted octanol–water partition coefficient (Wildman–Crippen LogP) is 5.33. The van der Waals surface area contributed by atoms with Crippen molar-refractivity contribution < 1.29 is 4.79 Å². The topological polar surface area (TPSA) is 32.3 Å². The third-order valence-electron chi connectivity index (χ3n) is 3.44. The molecule has 3 nitrogen and oxygen atoms in total. The number of carbonyl (C=O) groups is 1. The van der Waals surface area contributed by atoms with Gasteiger partial charge in [-0.1, -0.05) is 70.2 Å². The highest BCUT2D eigenvalue weighted by molar-refractivity contribution is 5.89. The number of nitrogens with zero attached hydrogens (tertiary/aromatic N) is 1. The van der Waals surface area contributed by atoms with Crippen LogP contribution < -0.4 is 5.32 Å². The van der Waals surface area contributed by atoms with Gasteiger partial charge in [-0.25, -0.2) is 4.79 Å². The molecule has 2 aromatic carbocycles. The normalized spacial score (nSPS) is 11.9. The molecule has 0 atom stereocenters. The van der Waals surface area contributed by atoms with E-state index in [1.54, 1.807) is 0 Å². The first-order valence-electron chi connectivity index (χ1n) is 8.51. The Morgan fingerprint density at radius 1 is 0.870 bits per heavy atom. The average molecular weight is 312 g/mol. The van der Waals surface area contributed by atoms with Gasteiger partial charge in [0.25, 0.3) is 0 Å². The Kier molecular flexibility index (Phi) is 8.51. The molecule has 1 aliphatic rings. The average Bonchev–Trinajstić information content (AvgIpc) is 2.65. The first-order chi connectivity index (χ1) is 11.3. The van der Waals surface area contributed by atoms with Crippen LogP contribution in [-0.2, 0) is 13.0 Å². The molecule has 0 spiro atoms. The summed E-state index contributed by atoms with van der Waals surface area (Å²) in [6.07, 6.45) is 0.929.